The molecule has 0 fully saturated rings. The van der Waals surface area contributed by atoms with Crippen LogP contribution in [0.25, 0.3) is 0 Å². The van der Waals surface area contributed by atoms with Gasteiger partial charge in [-0.15, -0.1) is 0 Å². The average Bonchev–Trinajstić information content (AvgIpc) is 2.71. The molecule has 0 aromatic heterocycles. The second-order valence-corrected chi connectivity index (χ2v) is 6.43. The van der Waals surface area contributed by atoms with E-state index in [0.717, 1.165) is 0 Å². The predicted molar refractivity (Wildman–Crippen MR) is 102 cm³/mol. The lowest BCUT2D eigenvalue weighted by molar-refractivity contribution is -0.149. The molecule has 0 saturated heterocycles. The number of benzene rings is 2. The Bertz CT molecular complexity index is 833. The van der Waals surface area contributed by atoms with Crippen molar-refractivity contribution in [3.63, 3.8) is 0 Å². The van der Waals surface area contributed by atoms with E-state index in [-0.39, 0.29) is 29.9 Å². The maximum absolute atomic E-state index is 14.4. The normalized spacial score (nSPS) is 12.7. The molecule has 2 aromatic carbocycles. The lowest BCUT2D eigenvalue weighted by Gasteiger charge is -2.18. The van der Waals surface area contributed by atoms with Gasteiger partial charge in [0.25, 0.3) is 0 Å². The number of carbonyl (C=O) groups excluding carboxylic acids is 3. The number of Topliss-reactive ketones (excluding diaryl/α,β-unsaturated/α-hetero) is 1. The molecule has 0 aliphatic rings. The molecule has 2 rings (SSSR count). The number of esters is 2. The number of hydrogen-bond donors (Lipinski definition) is 0. The first-order valence-corrected chi connectivity index (χ1v) is 9.04. The van der Waals surface area contributed by atoms with E-state index in [0.29, 0.717) is 10.6 Å². The number of carbonyl (C=O) groups is 3. The third-order valence-electron chi connectivity index (χ3n) is 4.16. The smallest absolute Gasteiger partial charge is 0.340 e. The summed E-state index contributed by atoms with van der Waals surface area (Å²) in [5, 5.41) is 0.472. The van der Waals surface area contributed by atoms with E-state index in [9.17, 15) is 18.8 Å². The largest absolute Gasteiger partial charge is 0.465 e. The highest BCUT2D eigenvalue weighted by atomic mass is 35.5. The van der Waals surface area contributed by atoms with Gasteiger partial charge in [0.15, 0.2) is 12.0 Å². The Morgan fingerprint density at radius 1 is 1.00 bits per heavy atom. The van der Waals surface area contributed by atoms with E-state index >= 15 is 0 Å². The fraction of sp³-hybridized carbons (Fsp3) is 0.286. The molecule has 0 radical (unpaired) electrons. The minimum atomic E-state index is -1.95. The highest BCUT2D eigenvalue weighted by Gasteiger charge is 2.30. The molecule has 0 bridgehead atoms. The second-order valence-electron chi connectivity index (χ2n) is 5.99. The summed E-state index contributed by atoms with van der Waals surface area (Å²) in [4.78, 5) is 36.3. The number of hydrogen-bond acceptors (Lipinski definition) is 5. The Morgan fingerprint density at radius 2 is 1.57 bits per heavy atom. The Kier molecular flexibility index (Phi) is 7.70. The number of alkyl halides is 1. The van der Waals surface area contributed by atoms with Crippen molar-refractivity contribution >= 4 is 29.3 Å². The summed E-state index contributed by atoms with van der Waals surface area (Å²) in [5.74, 6) is -2.83. The first-order chi connectivity index (χ1) is 13.4. The quantitative estimate of drug-likeness (QED) is 0.480. The molecular weight excluding hydrogens is 387 g/mol. The van der Waals surface area contributed by atoms with Crippen molar-refractivity contribution in [2.75, 3.05) is 13.7 Å². The number of rotatable bonds is 8. The van der Waals surface area contributed by atoms with Crippen LogP contribution in [0.4, 0.5) is 4.39 Å². The van der Waals surface area contributed by atoms with Crippen molar-refractivity contribution in [3.05, 3.63) is 70.2 Å². The average molecular weight is 407 g/mol. The first-order valence-electron chi connectivity index (χ1n) is 8.66. The van der Waals surface area contributed by atoms with Gasteiger partial charge in [-0.1, -0.05) is 35.9 Å². The van der Waals surface area contributed by atoms with Crippen LogP contribution in [0.1, 0.15) is 45.5 Å². The molecule has 2 unspecified atom stereocenters. The lowest BCUT2D eigenvalue weighted by Crippen LogP contribution is -2.25. The SMILES string of the molecule is CCOC(=O)C(F)CC(C(=O)c1ccc(C(=O)OC)cc1)c1ccc(Cl)cc1. The third-order valence-corrected chi connectivity index (χ3v) is 4.42. The Hall–Kier alpha value is -2.73. The summed E-state index contributed by atoms with van der Waals surface area (Å²) in [5.41, 5.74) is 1.10. The van der Waals surface area contributed by atoms with Crippen LogP contribution >= 0.6 is 11.6 Å². The molecule has 0 aliphatic carbocycles. The topological polar surface area (TPSA) is 69.7 Å². The zero-order valence-electron chi connectivity index (χ0n) is 15.5. The van der Waals surface area contributed by atoms with Crippen LogP contribution in [0.3, 0.4) is 0 Å². The highest BCUT2D eigenvalue weighted by molar-refractivity contribution is 6.30. The summed E-state index contributed by atoms with van der Waals surface area (Å²) in [6.07, 6.45) is -2.31. The van der Waals surface area contributed by atoms with Gasteiger partial charge in [-0.3, -0.25) is 4.79 Å². The second kappa shape index (κ2) is 9.99. The molecule has 28 heavy (non-hydrogen) atoms. The molecule has 7 heteroatoms. The van der Waals surface area contributed by atoms with E-state index in [2.05, 4.69) is 4.74 Å². The molecule has 0 amide bonds. The fourth-order valence-corrected chi connectivity index (χ4v) is 2.84. The Balaban J connectivity index is 2.31. The zero-order chi connectivity index (χ0) is 20.7. The van der Waals surface area contributed by atoms with Gasteiger partial charge in [-0.25, -0.2) is 14.0 Å². The molecule has 5 nitrogen and oxygen atoms in total. The van der Waals surface area contributed by atoms with Crippen molar-refractivity contribution in [2.45, 2.75) is 25.4 Å². The van der Waals surface area contributed by atoms with Crippen LogP contribution in [0.15, 0.2) is 48.5 Å². The van der Waals surface area contributed by atoms with Crippen molar-refractivity contribution in [2.24, 2.45) is 0 Å². The standard InChI is InChI=1S/C21H20ClFO5/c1-3-28-21(26)18(23)12-17(13-8-10-16(22)11-9-13)19(24)14-4-6-15(7-5-14)20(25)27-2/h4-11,17-18H,3,12H2,1-2H3. The van der Waals surface area contributed by atoms with Crippen molar-refractivity contribution in [3.8, 4) is 0 Å². The van der Waals surface area contributed by atoms with Gasteiger partial charge in [-0.2, -0.15) is 0 Å². The van der Waals surface area contributed by atoms with Gasteiger partial charge in [0.1, 0.15) is 0 Å². The van der Waals surface area contributed by atoms with Crippen LogP contribution in [-0.4, -0.2) is 37.6 Å². The van der Waals surface area contributed by atoms with Crippen LogP contribution < -0.4 is 0 Å². The number of methoxy groups -OCH3 is 1. The van der Waals surface area contributed by atoms with Crippen LogP contribution in [-0.2, 0) is 14.3 Å². The Labute approximate surface area is 167 Å². The molecule has 0 aliphatic heterocycles. The summed E-state index contributed by atoms with van der Waals surface area (Å²) < 4.78 is 23.7. The van der Waals surface area contributed by atoms with E-state index < -0.39 is 24.0 Å². The van der Waals surface area contributed by atoms with E-state index in [1.807, 2.05) is 0 Å². The predicted octanol–water partition coefficient (Wildman–Crippen LogP) is 4.38. The Morgan fingerprint density at radius 3 is 2.11 bits per heavy atom. The molecule has 148 valence electrons. The van der Waals surface area contributed by atoms with E-state index in [1.165, 1.54) is 31.4 Å². The highest BCUT2D eigenvalue weighted by Crippen LogP contribution is 2.28. The molecule has 0 spiro atoms. The number of ketones is 1. The van der Waals surface area contributed by atoms with Crippen molar-refractivity contribution < 1.29 is 28.2 Å². The van der Waals surface area contributed by atoms with Crippen molar-refractivity contribution in [1.82, 2.24) is 0 Å². The summed E-state index contributed by atoms with van der Waals surface area (Å²) in [6.45, 7) is 1.63. The fourth-order valence-electron chi connectivity index (χ4n) is 2.72. The molecule has 0 N–H and O–H groups in total. The van der Waals surface area contributed by atoms with Gasteiger partial charge in [0.2, 0.25) is 0 Å². The summed E-state index contributed by atoms with van der Waals surface area (Å²) in [6, 6.07) is 12.3. The van der Waals surface area contributed by atoms with Gasteiger partial charge >= 0.3 is 11.9 Å². The maximum Gasteiger partial charge on any atom is 0.340 e. The minimum Gasteiger partial charge on any atom is -0.465 e. The van der Waals surface area contributed by atoms with Gasteiger partial charge in [0, 0.05) is 17.0 Å². The van der Waals surface area contributed by atoms with Gasteiger partial charge < -0.3 is 9.47 Å². The molecule has 0 heterocycles. The molecule has 2 atom stereocenters. The van der Waals surface area contributed by atoms with E-state index in [1.54, 1.807) is 31.2 Å². The summed E-state index contributed by atoms with van der Waals surface area (Å²) in [7, 11) is 1.26. The summed E-state index contributed by atoms with van der Waals surface area (Å²) >= 11 is 5.89. The molecular formula is C21H20ClFO5. The van der Waals surface area contributed by atoms with Crippen LogP contribution in [0.2, 0.25) is 5.02 Å². The number of ether oxygens (including phenoxy) is 2. The number of halogens is 2. The first kappa shape index (κ1) is 21.6. The minimum absolute atomic E-state index is 0.0494. The van der Waals surface area contributed by atoms with Gasteiger partial charge in [0.05, 0.1) is 25.2 Å². The molecule has 2 aromatic rings. The van der Waals surface area contributed by atoms with Crippen LogP contribution in [0.5, 0.6) is 0 Å². The van der Waals surface area contributed by atoms with Gasteiger partial charge in [-0.05, 0) is 36.8 Å². The van der Waals surface area contributed by atoms with E-state index in [4.69, 9.17) is 16.3 Å². The van der Waals surface area contributed by atoms with Crippen molar-refractivity contribution in [1.29, 1.82) is 0 Å². The zero-order valence-corrected chi connectivity index (χ0v) is 16.2. The third kappa shape index (κ3) is 5.39. The lowest BCUT2D eigenvalue weighted by atomic mass is 9.86. The monoisotopic (exact) mass is 406 g/mol. The molecule has 0 saturated carbocycles. The van der Waals surface area contributed by atoms with Crippen LogP contribution in [0, 0.1) is 0 Å². The maximum atomic E-state index is 14.4.